The van der Waals surface area contributed by atoms with Crippen molar-refractivity contribution in [3.63, 3.8) is 0 Å². The maximum absolute atomic E-state index is 9.00. The zero-order valence-corrected chi connectivity index (χ0v) is 8.60. The SMILES string of the molecule is CC(=O)O.[H-].[H-].[H-].[K+].[Mg+2]. The van der Waals surface area contributed by atoms with Crippen LogP contribution in [0.1, 0.15) is 11.2 Å². The van der Waals surface area contributed by atoms with Crippen LogP contribution < -0.4 is 51.4 Å². The molecule has 0 aromatic heterocycles. The van der Waals surface area contributed by atoms with Gasteiger partial charge >= 0.3 is 74.4 Å². The van der Waals surface area contributed by atoms with Crippen LogP contribution in [-0.2, 0) is 4.79 Å². The third kappa shape index (κ3) is 39.8. The van der Waals surface area contributed by atoms with Gasteiger partial charge in [-0.15, -0.1) is 0 Å². The molecular formula is C2H7KMgO2. The van der Waals surface area contributed by atoms with Gasteiger partial charge < -0.3 is 9.39 Å². The molecule has 0 saturated carbocycles. The Labute approximate surface area is 99.7 Å². The fourth-order valence-electron chi connectivity index (χ4n) is 0. The molecule has 0 bridgehead atoms. The van der Waals surface area contributed by atoms with Crippen molar-refractivity contribution in [1.29, 1.82) is 0 Å². The summed E-state index contributed by atoms with van der Waals surface area (Å²) in [5.41, 5.74) is 0. The molecule has 0 saturated heterocycles. The van der Waals surface area contributed by atoms with Crippen molar-refractivity contribution in [2.75, 3.05) is 0 Å². The van der Waals surface area contributed by atoms with Gasteiger partial charge in [-0.2, -0.15) is 0 Å². The molecule has 0 amide bonds. The minimum absolute atomic E-state index is 0. The van der Waals surface area contributed by atoms with Crippen molar-refractivity contribution >= 4 is 29.0 Å². The normalized spacial score (nSPS) is 4.17. The van der Waals surface area contributed by atoms with E-state index in [2.05, 4.69) is 0 Å². The molecule has 0 aliphatic rings. The molecule has 0 aromatic rings. The maximum Gasteiger partial charge on any atom is 2.00 e. The van der Waals surface area contributed by atoms with Gasteiger partial charge in [0.1, 0.15) is 0 Å². The van der Waals surface area contributed by atoms with Gasteiger partial charge in [0.25, 0.3) is 5.97 Å². The molecule has 0 aliphatic heterocycles. The van der Waals surface area contributed by atoms with Gasteiger partial charge in [-0.25, -0.2) is 0 Å². The zero-order valence-electron chi connectivity index (χ0n) is 7.06. The predicted octanol–water partition coefficient (Wildman–Crippen LogP) is -2.95. The second-order valence-electron chi connectivity index (χ2n) is 0.519. The summed E-state index contributed by atoms with van der Waals surface area (Å²) in [7, 11) is 0. The third-order valence-corrected chi connectivity index (χ3v) is 0. The van der Waals surface area contributed by atoms with Crippen LogP contribution in [0, 0.1) is 0 Å². The first-order chi connectivity index (χ1) is 1.73. The molecule has 6 heavy (non-hydrogen) atoms. The van der Waals surface area contributed by atoms with Crippen LogP contribution in [-0.4, -0.2) is 34.1 Å². The van der Waals surface area contributed by atoms with E-state index in [9.17, 15) is 0 Å². The van der Waals surface area contributed by atoms with Crippen molar-refractivity contribution in [3.05, 3.63) is 0 Å². The van der Waals surface area contributed by atoms with Crippen LogP contribution in [0.2, 0.25) is 0 Å². The number of hydrogen-bond acceptors (Lipinski definition) is 1. The van der Waals surface area contributed by atoms with Crippen LogP contribution in [0.25, 0.3) is 0 Å². The fraction of sp³-hybridized carbons (Fsp3) is 0.500. The van der Waals surface area contributed by atoms with E-state index >= 15 is 0 Å². The van der Waals surface area contributed by atoms with E-state index < -0.39 is 5.97 Å². The van der Waals surface area contributed by atoms with E-state index in [4.69, 9.17) is 9.90 Å². The summed E-state index contributed by atoms with van der Waals surface area (Å²) in [5.74, 6) is -0.833. The van der Waals surface area contributed by atoms with E-state index in [1.165, 1.54) is 0 Å². The first kappa shape index (κ1) is 15.7. The minimum atomic E-state index is -0.833. The largest absolute Gasteiger partial charge is 2.00 e. The molecule has 2 nitrogen and oxygen atoms in total. The average Bonchev–Trinajstić information content (AvgIpc) is 0.811. The van der Waals surface area contributed by atoms with Crippen molar-refractivity contribution in [2.24, 2.45) is 0 Å². The Morgan fingerprint density at radius 1 is 1.83 bits per heavy atom. The summed E-state index contributed by atoms with van der Waals surface area (Å²) in [4.78, 5) is 9.00. The van der Waals surface area contributed by atoms with Gasteiger partial charge in [0.15, 0.2) is 0 Å². The number of carbonyl (C=O) groups is 1. The molecule has 0 aliphatic carbocycles. The first-order valence-electron chi connectivity index (χ1n) is 0.928. The van der Waals surface area contributed by atoms with E-state index in [0.717, 1.165) is 6.92 Å². The van der Waals surface area contributed by atoms with Crippen LogP contribution in [0.4, 0.5) is 0 Å². The first-order valence-corrected chi connectivity index (χ1v) is 0.928. The molecule has 0 aromatic carbocycles. The third-order valence-electron chi connectivity index (χ3n) is 0. The maximum atomic E-state index is 9.00. The van der Waals surface area contributed by atoms with E-state index in [0.29, 0.717) is 0 Å². The quantitative estimate of drug-likeness (QED) is 0.353. The molecule has 30 valence electrons. The topological polar surface area (TPSA) is 37.3 Å². The van der Waals surface area contributed by atoms with E-state index in [1.54, 1.807) is 0 Å². The monoisotopic (exact) mass is 126 g/mol. The van der Waals surface area contributed by atoms with Gasteiger partial charge in [0.2, 0.25) is 0 Å². The number of carboxylic acid groups (broad SMARTS) is 1. The number of carboxylic acids is 1. The fourth-order valence-corrected chi connectivity index (χ4v) is 0. The van der Waals surface area contributed by atoms with Gasteiger partial charge in [-0.1, -0.05) is 0 Å². The van der Waals surface area contributed by atoms with E-state index in [-0.39, 0.29) is 78.7 Å². The molecule has 1 N–H and O–H groups in total. The Bertz CT molecular complexity index is 42.8. The summed E-state index contributed by atoms with van der Waals surface area (Å²) < 4.78 is 0. The molecule has 0 fully saturated rings. The van der Waals surface area contributed by atoms with Crippen LogP contribution >= 0.6 is 0 Å². The molecule has 0 spiro atoms. The van der Waals surface area contributed by atoms with Crippen molar-refractivity contribution in [3.8, 4) is 0 Å². The Morgan fingerprint density at radius 2 is 1.83 bits per heavy atom. The average molecular weight is 126 g/mol. The molecular weight excluding hydrogens is 119 g/mol. The standard InChI is InChI=1S/C2H4O2.K.Mg.3H/c1-2(3)4;;;;;/h1H3,(H,3,4);;;;;/q;+1;+2;3*-1. The molecule has 0 heterocycles. The smallest absolute Gasteiger partial charge is 1.00 e. The predicted molar refractivity (Wildman–Crippen MR) is 22.4 cm³/mol. The molecule has 0 radical (unpaired) electrons. The van der Waals surface area contributed by atoms with Gasteiger partial charge in [-0.05, 0) is 0 Å². The van der Waals surface area contributed by atoms with Crippen LogP contribution in [0.5, 0.6) is 0 Å². The Morgan fingerprint density at radius 3 is 1.83 bits per heavy atom. The minimum Gasteiger partial charge on any atom is -1.00 e. The van der Waals surface area contributed by atoms with Gasteiger partial charge in [0.05, 0.1) is 0 Å². The summed E-state index contributed by atoms with van der Waals surface area (Å²) in [6.07, 6.45) is 0. The molecule has 0 atom stereocenters. The Hall–Kier alpha value is 1.87. The van der Waals surface area contributed by atoms with Gasteiger partial charge in [0, 0.05) is 6.92 Å². The second-order valence-corrected chi connectivity index (χ2v) is 0.519. The van der Waals surface area contributed by atoms with Crippen molar-refractivity contribution < 1.29 is 65.6 Å². The van der Waals surface area contributed by atoms with Crippen molar-refractivity contribution in [1.82, 2.24) is 0 Å². The van der Waals surface area contributed by atoms with Crippen molar-refractivity contribution in [2.45, 2.75) is 6.92 Å². The molecule has 0 rings (SSSR count). The summed E-state index contributed by atoms with van der Waals surface area (Å²) in [6, 6.07) is 0. The summed E-state index contributed by atoms with van der Waals surface area (Å²) in [5, 5.41) is 7.42. The summed E-state index contributed by atoms with van der Waals surface area (Å²) >= 11 is 0. The second kappa shape index (κ2) is 9.98. The number of hydrogen-bond donors (Lipinski definition) is 1. The van der Waals surface area contributed by atoms with Gasteiger partial charge in [-0.3, -0.25) is 4.79 Å². The zero-order chi connectivity index (χ0) is 3.58. The Kier molecular flexibility index (Phi) is 26.1. The van der Waals surface area contributed by atoms with Crippen LogP contribution in [0.3, 0.4) is 0 Å². The van der Waals surface area contributed by atoms with E-state index in [1.807, 2.05) is 0 Å². The number of rotatable bonds is 0. The molecule has 4 heteroatoms. The number of aliphatic carboxylic acids is 1. The summed E-state index contributed by atoms with van der Waals surface area (Å²) in [6.45, 7) is 1.08. The van der Waals surface area contributed by atoms with Crippen LogP contribution in [0.15, 0.2) is 0 Å². The Balaban J connectivity index is -0.00000000450. The molecule has 0 unspecified atom stereocenters.